The molecule has 1 aromatic rings. The van der Waals surface area contributed by atoms with Gasteiger partial charge in [-0.2, -0.15) is 4.31 Å². The summed E-state index contributed by atoms with van der Waals surface area (Å²) in [6.45, 7) is 1.65. The molecule has 0 aromatic heterocycles. The lowest BCUT2D eigenvalue weighted by Gasteiger charge is -2.16. The summed E-state index contributed by atoms with van der Waals surface area (Å²) < 4.78 is 39.1. The molecule has 0 aliphatic carbocycles. The van der Waals surface area contributed by atoms with Crippen LogP contribution in [0.25, 0.3) is 0 Å². The smallest absolute Gasteiger partial charge is 0.308 e. The molecule has 1 heterocycles. The Morgan fingerprint density at radius 3 is 2.53 bits per heavy atom. The van der Waals surface area contributed by atoms with Crippen LogP contribution in [0.5, 0.6) is 0 Å². The number of hydrogen-bond acceptors (Lipinski definition) is 3. The largest absolute Gasteiger partial charge is 0.481 e. The van der Waals surface area contributed by atoms with Crippen LogP contribution in [0.2, 0.25) is 0 Å². The number of benzene rings is 1. The van der Waals surface area contributed by atoms with E-state index in [1.165, 1.54) is 18.2 Å². The number of aliphatic carboxylic acids is 1. The molecule has 0 radical (unpaired) electrons. The second kappa shape index (κ2) is 4.90. The normalized spacial score (nSPS) is 24.5. The van der Waals surface area contributed by atoms with E-state index in [2.05, 4.69) is 0 Å². The Morgan fingerprint density at radius 1 is 1.37 bits per heavy atom. The van der Waals surface area contributed by atoms with Crippen LogP contribution in [0.1, 0.15) is 6.92 Å². The maximum absolute atomic E-state index is 13.6. The van der Waals surface area contributed by atoms with E-state index in [4.69, 9.17) is 5.11 Å². The lowest BCUT2D eigenvalue weighted by molar-refractivity contribution is -0.142. The Bertz CT molecular complexity index is 602. The first-order chi connectivity index (χ1) is 8.84. The van der Waals surface area contributed by atoms with Crippen LogP contribution < -0.4 is 0 Å². The van der Waals surface area contributed by atoms with Gasteiger partial charge < -0.3 is 5.11 Å². The van der Waals surface area contributed by atoms with E-state index >= 15 is 0 Å². The average molecular weight is 287 g/mol. The van der Waals surface area contributed by atoms with Crippen molar-refractivity contribution in [3.63, 3.8) is 0 Å². The first-order valence-electron chi connectivity index (χ1n) is 5.81. The molecule has 19 heavy (non-hydrogen) atoms. The molecule has 0 spiro atoms. The van der Waals surface area contributed by atoms with Crippen LogP contribution in [0.3, 0.4) is 0 Å². The Labute approximate surface area is 110 Å². The molecule has 1 aliphatic rings. The molecule has 0 amide bonds. The minimum absolute atomic E-state index is 0.0909. The van der Waals surface area contributed by atoms with Gasteiger partial charge in [0, 0.05) is 13.1 Å². The summed E-state index contributed by atoms with van der Waals surface area (Å²) in [5, 5.41) is 9.00. The van der Waals surface area contributed by atoms with Crippen molar-refractivity contribution in [2.75, 3.05) is 13.1 Å². The molecule has 1 fully saturated rings. The molecule has 1 aliphatic heterocycles. The molecule has 7 heteroatoms. The Morgan fingerprint density at radius 2 is 2.00 bits per heavy atom. The van der Waals surface area contributed by atoms with Crippen LogP contribution in [0.4, 0.5) is 4.39 Å². The molecule has 1 aromatic carbocycles. The number of rotatable bonds is 3. The molecule has 104 valence electrons. The van der Waals surface area contributed by atoms with Crippen LogP contribution in [0, 0.1) is 17.7 Å². The highest BCUT2D eigenvalue weighted by Crippen LogP contribution is 2.29. The van der Waals surface area contributed by atoms with Gasteiger partial charge in [-0.1, -0.05) is 19.1 Å². The van der Waals surface area contributed by atoms with E-state index in [1.807, 2.05) is 0 Å². The van der Waals surface area contributed by atoms with Crippen molar-refractivity contribution in [2.45, 2.75) is 11.8 Å². The zero-order chi connectivity index (χ0) is 14.2. The van der Waals surface area contributed by atoms with Crippen molar-refractivity contribution >= 4 is 16.0 Å². The summed E-state index contributed by atoms with van der Waals surface area (Å²) in [7, 11) is -3.97. The van der Waals surface area contributed by atoms with E-state index < -0.39 is 32.6 Å². The van der Waals surface area contributed by atoms with E-state index in [-0.39, 0.29) is 19.0 Å². The second-order valence-corrected chi connectivity index (χ2v) is 6.58. The van der Waals surface area contributed by atoms with Crippen molar-refractivity contribution in [2.24, 2.45) is 11.8 Å². The summed E-state index contributed by atoms with van der Waals surface area (Å²) >= 11 is 0. The highest BCUT2D eigenvalue weighted by atomic mass is 32.2. The van der Waals surface area contributed by atoms with Gasteiger partial charge in [0.25, 0.3) is 0 Å². The summed E-state index contributed by atoms with van der Waals surface area (Å²) in [6.07, 6.45) is 0. The number of sulfonamides is 1. The maximum Gasteiger partial charge on any atom is 0.308 e. The molecule has 1 saturated heterocycles. The Hall–Kier alpha value is -1.47. The van der Waals surface area contributed by atoms with E-state index in [0.29, 0.717) is 0 Å². The monoisotopic (exact) mass is 287 g/mol. The van der Waals surface area contributed by atoms with Gasteiger partial charge in [0.2, 0.25) is 10.0 Å². The number of carboxylic acid groups (broad SMARTS) is 1. The topological polar surface area (TPSA) is 74.7 Å². The zero-order valence-electron chi connectivity index (χ0n) is 10.3. The molecule has 0 saturated carbocycles. The third-order valence-electron chi connectivity index (χ3n) is 3.35. The van der Waals surface area contributed by atoms with Gasteiger partial charge >= 0.3 is 5.97 Å². The molecule has 0 bridgehead atoms. The molecule has 5 nitrogen and oxygen atoms in total. The van der Waals surface area contributed by atoms with Gasteiger partial charge in [-0.05, 0) is 18.1 Å². The van der Waals surface area contributed by atoms with Gasteiger partial charge in [-0.15, -0.1) is 0 Å². The summed E-state index contributed by atoms with van der Waals surface area (Å²) in [6, 6.07) is 5.09. The fourth-order valence-corrected chi connectivity index (χ4v) is 3.86. The summed E-state index contributed by atoms with van der Waals surface area (Å²) in [5.74, 6) is -2.90. The summed E-state index contributed by atoms with van der Waals surface area (Å²) in [4.78, 5) is 10.6. The second-order valence-electron chi connectivity index (χ2n) is 4.67. The molecule has 1 N–H and O–H groups in total. The first-order valence-corrected chi connectivity index (χ1v) is 7.25. The highest BCUT2D eigenvalue weighted by Gasteiger charge is 2.41. The predicted octanol–water partition coefficient (Wildman–Crippen LogP) is 1.17. The van der Waals surface area contributed by atoms with Gasteiger partial charge in [-0.3, -0.25) is 4.79 Å². The highest BCUT2D eigenvalue weighted by molar-refractivity contribution is 7.89. The third-order valence-corrected chi connectivity index (χ3v) is 5.22. The van der Waals surface area contributed by atoms with Crippen LogP contribution in [-0.2, 0) is 14.8 Å². The predicted molar refractivity (Wildman–Crippen MR) is 65.4 cm³/mol. The Kier molecular flexibility index (Phi) is 3.60. The van der Waals surface area contributed by atoms with Crippen LogP contribution in [0.15, 0.2) is 29.2 Å². The zero-order valence-corrected chi connectivity index (χ0v) is 11.1. The fourth-order valence-electron chi connectivity index (χ4n) is 2.23. The lowest BCUT2D eigenvalue weighted by Crippen LogP contribution is -2.30. The molecule has 2 atom stereocenters. The number of nitrogens with zero attached hydrogens (tertiary/aromatic N) is 1. The van der Waals surface area contributed by atoms with Crippen LogP contribution >= 0.6 is 0 Å². The van der Waals surface area contributed by atoms with E-state index in [9.17, 15) is 17.6 Å². The molecular formula is C12H14FNO4S. The molecular weight excluding hydrogens is 273 g/mol. The average Bonchev–Trinajstić information content (AvgIpc) is 2.72. The van der Waals surface area contributed by atoms with Crippen molar-refractivity contribution in [1.29, 1.82) is 0 Å². The minimum atomic E-state index is -3.97. The minimum Gasteiger partial charge on any atom is -0.481 e. The van der Waals surface area contributed by atoms with Crippen molar-refractivity contribution in [3.05, 3.63) is 30.1 Å². The quantitative estimate of drug-likeness (QED) is 0.905. The molecule has 2 rings (SSSR count). The first kappa shape index (κ1) is 14.0. The third kappa shape index (κ3) is 2.48. The number of carbonyl (C=O) groups is 1. The number of carboxylic acids is 1. The van der Waals surface area contributed by atoms with Crippen molar-refractivity contribution in [3.8, 4) is 0 Å². The van der Waals surface area contributed by atoms with Crippen LogP contribution in [-0.4, -0.2) is 36.9 Å². The van der Waals surface area contributed by atoms with Gasteiger partial charge in [0.05, 0.1) is 5.92 Å². The standard InChI is InChI=1S/C12H14FNO4S/c1-8-6-14(7-9(8)12(15)16)19(17,18)11-5-3-2-4-10(11)13/h2-5,8-9H,6-7H2,1H3,(H,15,16). The van der Waals surface area contributed by atoms with Crippen molar-refractivity contribution in [1.82, 2.24) is 4.31 Å². The SMILES string of the molecule is CC1CN(S(=O)(=O)c2ccccc2F)CC1C(=O)O. The van der Waals surface area contributed by atoms with E-state index in [0.717, 1.165) is 10.4 Å². The van der Waals surface area contributed by atoms with Crippen molar-refractivity contribution < 1.29 is 22.7 Å². The maximum atomic E-state index is 13.6. The summed E-state index contributed by atoms with van der Waals surface area (Å²) in [5.41, 5.74) is 0. The van der Waals surface area contributed by atoms with Gasteiger partial charge in [0.15, 0.2) is 0 Å². The van der Waals surface area contributed by atoms with Gasteiger partial charge in [0.1, 0.15) is 10.7 Å². The van der Waals surface area contributed by atoms with Gasteiger partial charge in [-0.25, -0.2) is 12.8 Å². The lowest BCUT2D eigenvalue weighted by atomic mass is 9.99. The fraction of sp³-hybridized carbons (Fsp3) is 0.417. The van der Waals surface area contributed by atoms with E-state index in [1.54, 1.807) is 6.92 Å². The number of halogens is 1. The number of hydrogen-bond donors (Lipinski definition) is 1. The molecule has 2 unspecified atom stereocenters. The Balaban J connectivity index is 2.33.